The molecule has 23 heavy (non-hydrogen) atoms. The smallest absolute Gasteiger partial charge is 0.258 e. The summed E-state index contributed by atoms with van der Waals surface area (Å²) in [6, 6.07) is 13.3. The summed E-state index contributed by atoms with van der Waals surface area (Å²) in [5.74, 6) is 0.485. The number of ether oxygens (including phenoxy) is 1. The molecular weight excluding hydrogens is 290 g/mol. The lowest BCUT2D eigenvalue weighted by molar-refractivity contribution is -0.124. The standard InChI is InChI=1S/C19H21NO3/c1-12-7-8-13(2)17(9-12)23-11-18(22)20-19-15-6-4-3-5-14(15)10-16(19)21/h3-9,16,19,21H,10-11H2,1-2H3,(H,20,22)/t16-,19+/m0/s1. The van der Waals surface area contributed by atoms with E-state index in [1.165, 1.54) is 0 Å². The number of hydrogen-bond donors (Lipinski definition) is 2. The number of carbonyl (C=O) groups excluding carboxylic acids is 1. The molecule has 0 fully saturated rings. The van der Waals surface area contributed by atoms with Crippen molar-refractivity contribution >= 4 is 5.91 Å². The summed E-state index contributed by atoms with van der Waals surface area (Å²) in [4.78, 5) is 12.2. The summed E-state index contributed by atoms with van der Waals surface area (Å²) in [5.41, 5.74) is 4.15. The lowest BCUT2D eigenvalue weighted by Gasteiger charge is -2.18. The molecule has 4 heteroatoms. The molecule has 0 heterocycles. The van der Waals surface area contributed by atoms with Crippen LogP contribution in [0.5, 0.6) is 5.75 Å². The van der Waals surface area contributed by atoms with Gasteiger partial charge in [-0.15, -0.1) is 0 Å². The predicted octanol–water partition coefficient (Wildman–Crippen LogP) is 2.46. The van der Waals surface area contributed by atoms with Crippen LogP contribution in [0.15, 0.2) is 42.5 Å². The van der Waals surface area contributed by atoms with Crippen LogP contribution >= 0.6 is 0 Å². The van der Waals surface area contributed by atoms with E-state index in [9.17, 15) is 9.90 Å². The van der Waals surface area contributed by atoms with Crippen LogP contribution < -0.4 is 10.1 Å². The number of aliphatic hydroxyl groups excluding tert-OH is 1. The molecular formula is C19H21NO3. The van der Waals surface area contributed by atoms with Gasteiger partial charge in [0.05, 0.1) is 12.1 Å². The van der Waals surface area contributed by atoms with E-state index in [1.54, 1.807) is 0 Å². The van der Waals surface area contributed by atoms with Crippen molar-refractivity contribution in [2.75, 3.05) is 6.61 Å². The van der Waals surface area contributed by atoms with E-state index in [0.29, 0.717) is 12.2 Å². The molecule has 120 valence electrons. The summed E-state index contributed by atoms with van der Waals surface area (Å²) >= 11 is 0. The molecule has 2 N–H and O–H groups in total. The zero-order valence-electron chi connectivity index (χ0n) is 13.4. The summed E-state index contributed by atoms with van der Waals surface area (Å²) < 4.78 is 5.62. The van der Waals surface area contributed by atoms with E-state index in [1.807, 2.05) is 56.3 Å². The van der Waals surface area contributed by atoms with Gasteiger partial charge in [-0.1, -0.05) is 36.4 Å². The minimum absolute atomic E-state index is 0.0598. The molecule has 0 radical (unpaired) electrons. The van der Waals surface area contributed by atoms with Gasteiger partial charge in [-0.2, -0.15) is 0 Å². The minimum atomic E-state index is -0.586. The molecule has 0 spiro atoms. The first-order chi connectivity index (χ1) is 11.0. The van der Waals surface area contributed by atoms with Gasteiger partial charge in [-0.25, -0.2) is 0 Å². The average Bonchev–Trinajstić information content (AvgIpc) is 2.84. The number of hydrogen-bond acceptors (Lipinski definition) is 3. The van der Waals surface area contributed by atoms with Gasteiger partial charge in [-0.05, 0) is 42.2 Å². The summed E-state index contributed by atoms with van der Waals surface area (Å²) in [5, 5.41) is 13.0. The normalized spacial score (nSPS) is 19.3. The molecule has 0 saturated heterocycles. The van der Waals surface area contributed by atoms with Crippen molar-refractivity contribution in [3.05, 3.63) is 64.7 Å². The molecule has 1 aliphatic carbocycles. The first kappa shape index (κ1) is 15.6. The molecule has 4 nitrogen and oxygen atoms in total. The Morgan fingerprint density at radius 3 is 2.87 bits per heavy atom. The lowest BCUT2D eigenvalue weighted by atomic mass is 10.1. The molecule has 0 aliphatic heterocycles. The zero-order chi connectivity index (χ0) is 16.4. The van der Waals surface area contributed by atoms with Gasteiger partial charge in [0.1, 0.15) is 5.75 Å². The van der Waals surface area contributed by atoms with Crippen molar-refractivity contribution in [1.29, 1.82) is 0 Å². The predicted molar refractivity (Wildman–Crippen MR) is 88.4 cm³/mol. The molecule has 0 unspecified atom stereocenters. The van der Waals surface area contributed by atoms with Gasteiger partial charge >= 0.3 is 0 Å². The third-order valence-electron chi connectivity index (χ3n) is 4.22. The van der Waals surface area contributed by atoms with E-state index in [0.717, 1.165) is 22.3 Å². The van der Waals surface area contributed by atoms with Gasteiger partial charge in [-0.3, -0.25) is 4.79 Å². The fourth-order valence-corrected chi connectivity index (χ4v) is 2.97. The zero-order valence-corrected chi connectivity index (χ0v) is 13.4. The average molecular weight is 311 g/mol. The highest BCUT2D eigenvalue weighted by molar-refractivity contribution is 5.78. The van der Waals surface area contributed by atoms with Crippen molar-refractivity contribution in [3.8, 4) is 5.75 Å². The van der Waals surface area contributed by atoms with Crippen molar-refractivity contribution in [2.45, 2.75) is 32.4 Å². The van der Waals surface area contributed by atoms with E-state index < -0.39 is 6.10 Å². The number of aliphatic hydroxyl groups is 1. The monoisotopic (exact) mass is 311 g/mol. The van der Waals surface area contributed by atoms with Crippen molar-refractivity contribution in [2.24, 2.45) is 0 Å². The molecule has 2 aromatic carbocycles. The quantitative estimate of drug-likeness (QED) is 0.912. The maximum Gasteiger partial charge on any atom is 0.258 e. The van der Waals surface area contributed by atoms with Crippen molar-refractivity contribution in [3.63, 3.8) is 0 Å². The number of benzene rings is 2. The molecule has 1 aliphatic rings. The highest BCUT2D eigenvalue weighted by Gasteiger charge is 2.31. The molecule has 2 atom stereocenters. The maximum atomic E-state index is 12.2. The first-order valence-corrected chi connectivity index (χ1v) is 7.80. The van der Waals surface area contributed by atoms with Crippen LogP contribution in [0.2, 0.25) is 0 Å². The Kier molecular flexibility index (Phi) is 4.35. The van der Waals surface area contributed by atoms with Gasteiger partial charge < -0.3 is 15.2 Å². The fourth-order valence-electron chi connectivity index (χ4n) is 2.97. The Labute approximate surface area is 136 Å². The topological polar surface area (TPSA) is 58.6 Å². The highest BCUT2D eigenvalue weighted by atomic mass is 16.5. The van der Waals surface area contributed by atoms with Crippen LogP contribution in [0.4, 0.5) is 0 Å². The van der Waals surface area contributed by atoms with Gasteiger partial charge in [0, 0.05) is 6.42 Å². The number of fused-ring (bicyclic) bond motifs is 1. The summed E-state index contributed by atoms with van der Waals surface area (Å²) in [6.07, 6.45) is -0.0176. The second-order valence-electron chi connectivity index (χ2n) is 6.07. The Morgan fingerprint density at radius 2 is 2.04 bits per heavy atom. The maximum absolute atomic E-state index is 12.2. The molecule has 0 aromatic heterocycles. The minimum Gasteiger partial charge on any atom is -0.483 e. The molecule has 0 saturated carbocycles. The number of aryl methyl sites for hydroxylation is 2. The van der Waals surface area contributed by atoms with Gasteiger partial charge in [0.15, 0.2) is 6.61 Å². The van der Waals surface area contributed by atoms with Gasteiger partial charge in [0.2, 0.25) is 0 Å². The Bertz CT molecular complexity index is 726. The number of amides is 1. The first-order valence-electron chi connectivity index (χ1n) is 7.80. The Hall–Kier alpha value is -2.33. The summed E-state index contributed by atoms with van der Waals surface area (Å²) in [6.45, 7) is 3.87. The molecule has 2 aromatic rings. The third-order valence-corrected chi connectivity index (χ3v) is 4.22. The number of carbonyl (C=O) groups is 1. The van der Waals surface area contributed by atoms with E-state index in [-0.39, 0.29) is 18.6 Å². The lowest BCUT2D eigenvalue weighted by Crippen LogP contribution is -2.36. The van der Waals surface area contributed by atoms with E-state index >= 15 is 0 Å². The van der Waals surface area contributed by atoms with Gasteiger partial charge in [0.25, 0.3) is 5.91 Å². The van der Waals surface area contributed by atoms with E-state index in [2.05, 4.69) is 5.32 Å². The Morgan fingerprint density at radius 1 is 1.26 bits per heavy atom. The summed E-state index contributed by atoms with van der Waals surface area (Å²) in [7, 11) is 0. The SMILES string of the molecule is Cc1ccc(C)c(OCC(=O)N[C@@H]2c3ccccc3C[C@@H]2O)c1. The van der Waals surface area contributed by atoms with Crippen LogP contribution in [-0.2, 0) is 11.2 Å². The number of nitrogens with one attached hydrogen (secondary N) is 1. The second kappa shape index (κ2) is 6.42. The highest BCUT2D eigenvalue weighted by Crippen LogP contribution is 2.31. The number of rotatable bonds is 4. The molecule has 3 rings (SSSR count). The van der Waals surface area contributed by atoms with Crippen LogP contribution in [0.1, 0.15) is 28.3 Å². The van der Waals surface area contributed by atoms with Crippen LogP contribution in [0.25, 0.3) is 0 Å². The van der Waals surface area contributed by atoms with Crippen molar-refractivity contribution in [1.82, 2.24) is 5.32 Å². The fraction of sp³-hybridized carbons (Fsp3) is 0.316. The molecule has 1 amide bonds. The van der Waals surface area contributed by atoms with Crippen molar-refractivity contribution < 1.29 is 14.6 Å². The van der Waals surface area contributed by atoms with E-state index in [4.69, 9.17) is 4.74 Å². The van der Waals surface area contributed by atoms with Crippen LogP contribution in [0, 0.1) is 13.8 Å². The van der Waals surface area contributed by atoms with Crippen LogP contribution in [0.3, 0.4) is 0 Å². The largest absolute Gasteiger partial charge is 0.483 e. The molecule has 0 bridgehead atoms. The van der Waals surface area contributed by atoms with Crippen LogP contribution in [-0.4, -0.2) is 23.7 Å². The Balaban J connectivity index is 1.63. The second-order valence-corrected chi connectivity index (χ2v) is 6.07. The third kappa shape index (κ3) is 3.37.